The van der Waals surface area contributed by atoms with Crippen LogP contribution in [0, 0.1) is 5.82 Å². The van der Waals surface area contributed by atoms with Crippen molar-refractivity contribution < 1.29 is 18.7 Å². The zero-order valence-corrected chi connectivity index (χ0v) is 16.2. The van der Waals surface area contributed by atoms with Crippen LogP contribution in [0.15, 0.2) is 47.5 Å². The first-order valence-electron chi connectivity index (χ1n) is 8.97. The Kier molecular flexibility index (Phi) is 8.08. The fraction of sp³-hybridized carbons (Fsp3) is 0.300. The summed E-state index contributed by atoms with van der Waals surface area (Å²) in [7, 11) is 1.58. The molecule has 0 atom stereocenters. The van der Waals surface area contributed by atoms with Crippen molar-refractivity contribution in [3.05, 3.63) is 48.3 Å². The van der Waals surface area contributed by atoms with Crippen LogP contribution in [-0.4, -0.2) is 38.7 Å². The Bertz CT molecular complexity index is 810. The van der Waals surface area contributed by atoms with Crippen molar-refractivity contribution in [2.24, 2.45) is 4.99 Å². The van der Waals surface area contributed by atoms with Gasteiger partial charge in [0.1, 0.15) is 12.4 Å². The lowest BCUT2D eigenvalue weighted by Crippen LogP contribution is -2.31. The van der Waals surface area contributed by atoms with Gasteiger partial charge in [0.25, 0.3) is 0 Å². The zero-order valence-electron chi connectivity index (χ0n) is 16.2. The third-order valence-corrected chi connectivity index (χ3v) is 3.58. The van der Waals surface area contributed by atoms with E-state index in [2.05, 4.69) is 20.9 Å². The standard InChI is InChI=1S/C20H25FN4O3/c1-4-22-20(23-13-19(26)24-15-8-6-14(21)7-9-15)25-16-10-11-17(27-3)18(12-16)28-5-2/h6-12H,4-5,13H2,1-3H3,(H,24,26)(H2,22,23,25). The van der Waals surface area contributed by atoms with E-state index in [1.54, 1.807) is 19.2 Å². The number of ether oxygens (including phenoxy) is 2. The Balaban J connectivity index is 2.04. The molecule has 0 heterocycles. The summed E-state index contributed by atoms with van der Waals surface area (Å²) in [6.45, 7) is 4.86. The maximum Gasteiger partial charge on any atom is 0.246 e. The fourth-order valence-electron chi connectivity index (χ4n) is 2.35. The molecule has 0 aliphatic heterocycles. The molecule has 0 radical (unpaired) electrons. The fourth-order valence-corrected chi connectivity index (χ4v) is 2.35. The van der Waals surface area contributed by atoms with Crippen LogP contribution in [0.3, 0.4) is 0 Å². The van der Waals surface area contributed by atoms with Crippen LogP contribution in [0.5, 0.6) is 11.5 Å². The highest BCUT2D eigenvalue weighted by Gasteiger charge is 2.08. The SMILES string of the molecule is CCNC(=NCC(=O)Nc1ccc(F)cc1)Nc1ccc(OC)c(OCC)c1. The number of halogens is 1. The molecule has 7 nitrogen and oxygen atoms in total. The average molecular weight is 388 g/mol. The van der Waals surface area contributed by atoms with Crippen molar-refractivity contribution >= 4 is 23.2 Å². The topological polar surface area (TPSA) is 84.0 Å². The summed E-state index contributed by atoms with van der Waals surface area (Å²) < 4.78 is 23.8. The first kappa shape index (κ1) is 21.0. The first-order valence-corrected chi connectivity index (χ1v) is 8.97. The van der Waals surface area contributed by atoms with Gasteiger partial charge >= 0.3 is 0 Å². The van der Waals surface area contributed by atoms with Crippen molar-refractivity contribution in [1.29, 1.82) is 0 Å². The number of nitrogens with zero attached hydrogens (tertiary/aromatic N) is 1. The van der Waals surface area contributed by atoms with Crippen LogP contribution in [0.2, 0.25) is 0 Å². The highest BCUT2D eigenvalue weighted by molar-refractivity contribution is 5.97. The number of methoxy groups -OCH3 is 1. The minimum Gasteiger partial charge on any atom is -0.493 e. The molecule has 150 valence electrons. The zero-order chi connectivity index (χ0) is 20.4. The summed E-state index contributed by atoms with van der Waals surface area (Å²) in [6.07, 6.45) is 0. The average Bonchev–Trinajstić information content (AvgIpc) is 2.69. The van der Waals surface area contributed by atoms with Gasteiger partial charge in [0.15, 0.2) is 17.5 Å². The quantitative estimate of drug-likeness (QED) is 0.478. The molecule has 8 heteroatoms. The molecule has 0 bridgehead atoms. The number of carbonyl (C=O) groups excluding carboxylic acids is 1. The molecule has 0 spiro atoms. The van der Waals surface area contributed by atoms with Crippen LogP contribution < -0.4 is 25.4 Å². The number of benzene rings is 2. The molecule has 28 heavy (non-hydrogen) atoms. The molecule has 2 rings (SSSR count). The van der Waals surface area contributed by atoms with E-state index in [9.17, 15) is 9.18 Å². The Morgan fingerprint density at radius 1 is 1.04 bits per heavy atom. The van der Waals surface area contributed by atoms with E-state index in [-0.39, 0.29) is 18.3 Å². The minimum absolute atomic E-state index is 0.0961. The molecule has 0 saturated carbocycles. The Morgan fingerprint density at radius 2 is 1.75 bits per heavy atom. The van der Waals surface area contributed by atoms with Gasteiger partial charge in [-0.1, -0.05) is 0 Å². The maximum absolute atomic E-state index is 12.9. The van der Waals surface area contributed by atoms with E-state index in [4.69, 9.17) is 9.47 Å². The third-order valence-electron chi connectivity index (χ3n) is 3.58. The molecular weight excluding hydrogens is 363 g/mol. The Labute approximate surface area is 164 Å². The summed E-state index contributed by atoms with van der Waals surface area (Å²) in [5, 5.41) is 8.87. The monoisotopic (exact) mass is 388 g/mol. The van der Waals surface area contributed by atoms with Crippen LogP contribution in [0.4, 0.5) is 15.8 Å². The minimum atomic E-state index is -0.361. The summed E-state index contributed by atoms with van der Waals surface area (Å²) >= 11 is 0. The smallest absolute Gasteiger partial charge is 0.246 e. The predicted octanol–water partition coefficient (Wildman–Crippen LogP) is 3.25. The molecule has 0 fully saturated rings. The van der Waals surface area contributed by atoms with E-state index in [0.717, 1.165) is 5.69 Å². The Hall–Kier alpha value is -3.29. The number of guanidine groups is 1. The maximum atomic E-state index is 12.9. The summed E-state index contributed by atoms with van der Waals surface area (Å²) in [6, 6.07) is 11.0. The van der Waals surface area contributed by atoms with E-state index >= 15 is 0 Å². The van der Waals surface area contributed by atoms with Gasteiger partial charge < -0.3 is 25.4 Å². The Morgan fingerprint density at radius 3 is 2.39 bits per heavy atom. The van der Waals surface area contributed by atoms with Crippen molar-refractivity contribution in [3.63, 3.8) is 0 Å². The summed E-state index contributed by atoms with van der Waals surface area (Å²) in [5.74, 6) is 1.02. The van der Waals surface area contributed by atoms with Crippen molar-refractivity contribution in [2.75, 3.05) is 37.4 Å². The van der Waals surface area contributed by atoms with E-state index in [1.165, 1.54) is 24.3 Å². The number of nitrogens with one attached hydrogen (secondary N) is 3. The van der Waals surface area contributed by atoms with E-state index < -0.39 is 0 Å². The van der Waals surface area contributed by atoms with Crippen molar-refractivity contribution in [1.82, 2.24) is 5.32 Å². The second-order valence-electron chi connectivity index (χ2n) is 5.67. The van der Waals surface area contributed by atoms with E-state index in [1.807, 2.05) is 19.9 Å². The number of hydrogen-bond acceptors (Lipinski definition) is 4. The van der Waals surface area contributed by atoms with Crippen LogP contribution in [-0.2, 0) is 4.79 Å². The van der Waals surface area contributed by atoms with Crippen molar-refractivity contribution in [3.8, 4) is 11.5 Å². The molecule has 0 saturated heterocycles. The largest absolute Gasteiger partial charge is 0.493 e. The molecule has 0 aromatic heterocycles. The molecular formula is C20H25FN4O3. The van der Waals surface area contributed by atoms with Crippen LogP contribution in [0.25, 0.3) is 0 Å². The third kappa shape index (κ3) is 6.46. The van der Waals surface area contributed by atoms with Crippen LogP contribution in [0.1, 0.15) is 13.8 Å². The predicted molar refractivity (Wildman–Crippen MR) is 109 cm³/mol. The number of carbonyl (C=O) groups is 1. The summed E-state index contributed by atoms with van der Waals surface area (Å²) in [5.41, 5.74) is 1.25. The number of amides is 1. The number of aliphatic imine (C=N–C) groups is 1. The number of rotatable bonds is 8. The lowest BCUT2D eigenvalue weighted by molar-refractivity contribution is -0.114. The van der Waals surface area contributed by atoms with Crippen molar-refractivity contribution in [2.45, 2.75) is 13.8 Å². The molecule has 1 amide bonds. The van der Waals surface area contributed by atoms with Gasteiger partial charge in [-0.3, -0.25) is 4.79 Å². The lowest BCUT2D eigenvalue weighted by atomic mass is 10.2. The number of anilines is 2. The van der Waals surface area contributed by atoms with E-state index in [0.29, 0.717) is 36.3 Å². The first-order chi connectivity index (χ1) is 13.5. The van der Waals surface area contributed by atoms with Gasteiger partial charge in [-0.15, -0.1) is 0 Å². The van der Waals surface area contributed by atoms with Gasteiger partial charge in [-0.05, 0) is 50.2 Å². The van der Waals surface area contributed by atoms with Gasteiger partial charge in [0.2, 0.25) is 5.91 Å². The second kappa shape index (κ2) is 10.8. The molecule has 0 aliphatic rings. The number of hydrogen-bond donors (Lipinski definition) is 3. The van der Waals surface area contributed by atoms with Crippen LogP contribution >= 0.6 is 0 Å². The highest BCUT2D eigenvalue weighted by atomic mass is 19.1. The molecule has 0 unspecified atom stereocenters. The highest BCUT2D eigenvalue weighted by Crippen LogP contribution is 2.30. The van der Waals surface area contributed by atoms with Gasteiger partial charge in [-0.25, -0.2) is 9.38 Å². The molecule has 2 aromatic carbocycles. The van der Waals surface area contributed by atoms with Gasteiger partial charge in [0.05, 0.1) is 13.7 Å². The summed E-state index contributed by atoms with van der Waals surface area (Å²) in [4.78, 5) is 16.4. The molecule has 3 N–H and O–H groups in total. The molecule has 0 aliphatic carbocycles. The second-order valence-corrected chi connectivity index (χ2v) is 5.67. The van der Waals surface area contributed by atoms with Gasteiger partial charge in [-0.2, -0.15) is 0 Å². The normalized spacial score (nSPS) is 10.9. The molecule has 2 aromatic rings. The van der Waals surface area contributed by atoms with Gasteiger partial charge in [0, 0.05) is 24.0 Å². The lowest BCUT2D eigenvalue weighted by Gasteiger charge is -2.14.